The molecule has 2 nitrogen and oxygen atoms in total. The van der Waals surface area contributed by atoms with Gasteiger partial charge in [-0.25, -0.2) is 0 Å². The molecule has 0 aliphatic heterocycles. The molecule has 0 aliphatic carbocycles. The third-order valence-corrected chi connectivity index (χ3v) is 2.24. The van der Waals surface area contributed by atoms with Gasteiger partial charge in [-0.3, -0.25) is 0 Å². The molecular weight excluding hydrogens is 243 g/mol. The molecule has 1 aromatic rings. The van der Waals surface area contributed by atoms with E-state index in [2.05, 4.69) is 17.2 Å². The fourth-order valence-electron chi connectivity index (χ4n) is 1.36. The number of benzene rings is 1. The van der Waals surface area contributed by atoms with Crippen LogP contribution in [0, 0.1) is 11.8 Å². The van der Waals surface area contributed by atoms with E-state index >= 15 is 0 Å². The maximum atomic E-state index is 12.7. The van der Waals surface area contributed by atoms with Crippen LogP contribution in [-0.2, 0) is 6.18 Å². The zero-order valence-corrected chi connectivity index (χ0v) is 10.2. The summed E-state index contributed by atoms with van der Waals surface area (Å²) in [6.07, 6.45) is -3.85. The van der Waals surface area contributed by atoms with Gasteiger partial charge in [0.15, 0.2) is 0 Å². The average Bonchev–Trinajstić information content (AvgIpc) is 2.33. The zero-order chi connectivity index (χ0) is 13.6. The van der Waals surface area contributed by atoms with Gasteiger partial charge in [0.2, 0.25) is 0 Å². The molecule has 0 heterocycles. The van der Waals surface area contributed by atoms with E-state index in [9.17, 15) is 13.2 Å². The van der Waals surface area contributed by atoms with Gasteiger partial charge in [-0.1, -0.05) is 11.8 Å². The number of ether oxygens (including phenoxy) is 1. The number of halogens is 3. The number of rotatable bonds is 3. The van der Waals surface area contributed by atoms with E-state index in [1.165, 1.54) is 19.2 Å². The van der Waals surface area contributed by atoms with Crippen LogP contribution >= 0.6 is 0 Å². The summed E-state index contributed by atoms with van der Waals surface area (Å²) in [6, 6.07) is 3.80. The van der Waals surface area contributed by atoms with Crippen LogP contribution in [0.4, 0.5) is 13.2 Å². The maximum Gasteiger partial charge on any atom is 0.420 e. The highest BCUT2D eigenvalue weighted by atomic mass is 19.4. The Kier molecular flexibility index (Phi) is 5.05. The summed E-state index contributed by atoms with van der Waals surface area (Å²) < 4.78 is 42.9. The van der Waals surface area contributed by atoms with Crippen molar-refractivity contribution in [3.8, 4) is 17.6 Å². The lowest BCUT2D eigenvalue weighted by Crippen LogP contribution is -2.08. The van der Waals surface area contributed by atoms with E-state index in [4.69, 9.17) is 4.74 Å². The third-order valence-electron chi connectivity index (χ3n) is 2.24. The van der Waals surface area contributed by atoms with Crippen molar-refractivity contribution in [2.24, 2.45) is 0 Å². The standard InChI is InChI=1S/C13H14F3NO/c1-17-8-4-3-5-10-6-7-12(18-2)11(9-10)13(14,15)16/h6-7,9,17H,4,8H2,1-2H3. The molecule has 1 aromatic carbocycles. The second-order valence-corrected chi connectivity index (χ2v) is 3.57. The summed E-state index contributed by atoms with van der Waals surface area (Å²) in [5.74, 6) is 5.30. The Balaban J connectivity index is 2.99. The lowest BCUT2D eigenvalue weighted by Gasteiger charge is -2.11. The first kappa shape index (κ1) is 14.4. The van der Waals surface area contributed by atoms with Crippen molar-refractivity contribution in [3.63, 3.8) is 0 Å². The summed E-state index contributed by atoms with van der Waals surface area (Å²) in [4.78, 5) is 0. The van der Waals surface area contributed by atoms with Crippen molar-refractivity contribution in [1.29, 1.82) is 0 Å². The molecule has 1 N–H and O–H groups in total. The minimum absolute atomic E-state index is 0.191. The van der Waals surface area contributed by atoms with Gasteiger partial charge in [0.25, 0.3) is 0 Å². The Bertz CT molecular complexity index is 458. The topological polar surface area (TPSA) is 21.3 Å². The first-order valence-corrected chi connectivity index (χ1v) is 5.37. The number of hydrogen-bond donors (Lipinski definition) is 1. The molecule has 18 heavy (non-hydrogen) atoms. The predicted molar refractivity (Wildman–Crippen MR) is 63.4 cm³/mol. The van der Waals surface area contributed by atoms with Gasteiger partial charge >= 0.3 is 6.18 Å². The summed E-state index contributed by atoms with van der Waals surface area (Å²) in [5.41, 5.74) is -0.468. The van der Waals surface area contributed by atoms with E-state index in [1.807, 2.05) is 0 Å². The van der Waals surface area contributed by atoms with Crippen LogP contribution in [0.25, 0.3) is 0 Å². The Morgan fingerprint density at radius 2 is 2.06 bits per heavy atom. The molecule has 0 unspecified atom stereocenters. The molecule has 98 valence electrons. The molecule has 0 aliphatic rings. The fraction of sp³-hybridized carbons (Fsp3) is 0.385. The monoisotopic (exact) mass is 257 g/mol. The van der Waals surface area contributed by atoms with Crippen molar-refractivity contribution in [1.82, 2.24) is 5.32 Å². The van der Waals surface area contributed by atoms with Crippen LogP contribution in [0.15, 0.2) is 18.2 Å². The summed E-state index contributed by atoms with van der Waals surface area (Å²) in [7, 11) is 3.00. The van der Waals surface area contributed by atoms with Crippen LogP contribution in [0.5, 0.6) is 5.75 Å². The highest BCUT2D eigenvalue weighted by Crippen LogP contribution is 2.36. The van der Waals surface area contributed by atoms with Crippen LogP contribution in [0.3, 0.4) is 0 Å². The third kappa shape index (κ3) is 3.97. The molecule has 5 heteroatoms. The normalized spacial score (nSPS) is 10.7. The Morgan fingerprint density at radius 3 is 2.61 bits per heavy atom. The van der Waals surface area contributed by atoms with Crippen LogP contribution < -0.4 is 10.1 Å². The van der Waals surface area contributed by atoms with Crippen molar-refractivity contribution >= 4 is 0 Å². The number of nitrogens with one attached hydrogen (secondary N) is 1. The molecular formula is C13H14F3NO. The second kappa shape index (κ2) is 6.31. The first-order valence-electron chi connectivity index (χ1n) is 5.37. The van der Waals surface area contributed by atoms with Crippen LogP contribution in [0.1, 0.15) is 17.5 Å². The average molecular weight is 257 g/mol. The van der Waals surface area contributed by atoms with Crippen molar-refractivity contribution in [2.75, 3.05) is 20.7 Å². The largest absolute Gasteiger partial charge is 0.496 e. The maximum absolute atomic E-state index is 12.7. The van der Waals surface area contributed by atoms with Crippen molar-refractivity contribution in [3.05, 3.63) is 29.3 Å². The summed E-state index contributed by atoms with van der Waals surface area (Å²) >= 11 is 0. The zero-order valence-electron chi connectivity index (χ0n) is 10.2. The molecule has 0 amide bonds. The van der Waals surface area contributed by atoms with Gasteiger partial charge in [-0.2, -0.15) is 13.2 Å². The van der Waals surface area contributed by atoms with Crippen LogP contribution in [-0.4, -0.2) is 20.7 Å². The van der Waals surface area contributed by atoms with Gasteiger partial charge in [-0.15, -0.1) is 0 Å². The molecule has 0 radical (unpaired) electrons. The van der Waals surface area contributed by atoms with E-state index in [0.717, 1.165) is 6.07 Å². The molecule has 0 bridgehead atoms. The lowest BCUT2D eigenvalue weighted by molar-refractivity contribution is -0.138. The quantitative estimate of drug-likeness (QED) is 0.664. The SMILES string of the molecule is CNCCC#Cc1ccc(OC)c(C(F)(F)F)c1. The molecule has 1 rings (SSSR count). The second-order valence-electron chi connectivity index (χ2n) is 3.57. The van der Waals surface area contributed by atoms with Gasteiger partial charge in [-0.05, 0) is 25.2 Å². The van der Waals surface area contributed by atoms with Crippen LogP contribution in [0.2, 0.25) is 0 Å². The Morgan fingerprint density at radius 1 is 1.33 bits per heavy atom. The minimum atomic E-state index is -4.44. The predicted octanol–water partition coefficient (Wildman–Crippen LogP) is 2.68. The smallest absolute Gasteiger partial charge is 0.420 e. The van der Waals surface area contributed by atoms with E-state index in [-0.39, 0.29) is 5.75 Å². The van der Waals surface area contributed by atoms with Gasteiger partial charge in [0.1, 0.15) is 5.75 Å². The fourth-order valence-corrected chi connectivity index (χ4v) is 1.36. The van der Waals surface area contributed by atoms with Crippen molar-refractivity contribution < 1.29 is 17.9 Å². The number of alkyl halides is 3. The molecule has 0 spiro atoms. The van der Waals surface area contributed by atoms with E-state index < -0.39 is 11.7 Å². The van der Waals surface area contributed by atoms with Gasteiger partial charge in [0, 0.05) is 18.5 Å². The molecule has 0 fully saturated rings. The Hall–Kier alpha value is -1.67. The Labute approximate surface area is 104 Å². The highest BCUT2D eigenvalue weighted by Gasteiger charge is 2.34. The van der Waals surface area contributed by atoms with Gasteiger partial charge < -0.3 is 10.1 Å². The number of hydrogen-bond acceptors (Lipinski definition) is 2. The first-order chi connectivity index (χ1) is 8.49. The summed E-state index contributed by atoms with van der Waals surface area (Å²) in [6.45, 7) is 0.704. The molecule has 0 saturated heterocycles. The number of methoxy groups -OCH3 is 1. The minimum Gasteiger partial charge on any atom is -0.496 e. The molecule has 0 saturated carbocycles. The highest BCUT2D eigenvalue weighted by molar-refractivity contribution is 5.45. The molecule has 0 atom stereocenters. The van der Waals surface area contributed by atoms with Gasteiger partial charge in [0.05, 0.1) is 12.7 Å². The lowest BCUT2D eigenvalue weighted by atomic mass is 10.1. The molecule has 0 aromatic heterocycles. The van der Waals surface area contributed by atoms with E-state index in [1.54, 1.807) is 7.05 Å². The van der Waals surface area contributed by atoms with E-state index in [0.29, 0.717) is 18.5 Å². The van der Waals surface area contributed by atoms with Crippen molar-refractivity contribution in [2.45, 2.75) is 12.6 Å². The summed E-state index contributed by atoms with van der Waals surface area (Å²) in [5, 5.41) is 2.91.